The van der Waals surface area contributed by atoms with Crippen molar-refractivity contribution in [1.29, 1.82) is 0 Å². The molecule has 2 aromatic rings. The van der Waals surface area contributed by atoms with Crippen LogP contribution < -0.4 is 5.32 Å². The van der Waals surface area contributed by atoms with Crippen molar-refractivity contribution in [1.82, 2.24) is 4.57 Å². The summed E-state index contributed by atoms with van der Waals surface area (Å²) in [6, 6.07) is 11.8. The molecule has 0 bridgehead atoms. The van der Waals surface area contributed by atoms with Gasteiger partial charge in [-0.15, -0.1) is 0 Å². The number of rotatable bonds is 8. The van der Waals surface area contributed by atoms with Gasteiger partial charge in [-0.25, -0.2) is 4.79 Å². The summed E-state index contributed by atoms with van der Waals surface area (Å²) in [5.41, 5.74) is 2.62. The number of anilines is 1. The van der Waals surface area contributed by atoms with Crippen molar-refractivity contribution in [2.24, 2.45) is 0 Å². The Morgan fingerprint density at radius 1 is 1.22 bits per heavy atom. The van der Waals surface area contributed by atoms with E-state index in [0.29, 0.717) is 32.1 Å². The highest BCUT2D eigenvalue weighted by Crippen LogP contribution is 2.23. The molecule has 0 aliphatic heterocycles. The van der Waals surface area contributed by atoms with E-state index in [1.54, 1.807) is 6.92 Å². The molecular formula is C18H24N2O3. The normalized spacial score (nSPS) is 10.6. The quantitative estimate of drug-likeness (QED) is 0.756. The Morgan fingerprint density at radius 3 is 2.61 bits per heavy atom. The molecule has 0 aliphatic rings. The van der Waals surface area contributed by atoms with Crippen molar-refractivity contribution in [3.63, 3.8) is 0 Å². The van der Waals surface area contributed by atoms with E-state index >= 15 is 0 Å². The van der Waals surface area contributed by atoms with Gasteiger partial charge in [0.1, 0.15) is 18.1 Å². The van der Waals surface area contributed by atoms with Gasteiger partial charge >= 0.3 is 5.97 Å². The monoisotopic (exact) mass is 316 g/mol. The predicted octanol–water partition coefficient (Wildman–Crippen LogP) is 3.58. The fourth-order valence-corrected chi connectivity index (χ4v) is 2.39. The fourth-order valence-electron chi connectivity index (χ4n) is 2.39. The van der Waals surface area contributed by atoms with Crippen molar-refractivity contribution in [3.8, 4) is 0 Å². The van der Waals surface area contributed by atoms with E-state index in [0.717, 1.165) is 17.1 Å². The smallest absolute Gasteiger partial charge is 0.341 e. The molecular weight excluding hydrogens is 292 g/mol. The van der Waals surface area contributed by atoms with Crippen molar-refractivity contribution < 1.29 is 14.3 Å². The topological polar surface area (TPSA) is 52.5 Å². The number of carbonyl (C=O) groups excluding carboxylic acids is 1. The van der Waals surface area contributed by atoms with E-state index in [1.165, 1.54) is 0 Å². The molecule has 23 heavy (non-hydrogen) atoms. The molecule has 1 N–H and O–H groups in total. The Balaban J connectivity index is 2.12. The summed E-state index contributed by atoms with van der Waals surface area (Å²) in [4.78, 5) is 12.1. The maximum Gasteiger partial charge on any atom is 0.341 e. The number of hydrogen-bond acceptors (Lipinski definition) is 4. The van der Waals surface area contributed by atoms with Crippen molar-refractivity contribution >= 4 is 11.8 Å². The Kier molecular flexibility index (Phi) is 6.23. The van der Waals surface area contributed by atoms with Crippen molar-refractivity contribution in [2.45, 2.75) is 34.1 Å². The number of nitrogens with one attached hydrogen (secondary N) is 1. The number of hydrogen-bond donors (Lipinski definition) is 1. The van der Waals surface area contributed by atoms with Crippen LogP contribution >= 0.6 is 0 Å². The zero-order chi connectivity index (χ0) is 16.7. The lowest BCUT2D eigenvalue weighted by molar-refractivity contribution is 0.0524. The summed E-state index contributed by atoms with van der Waals surface area (Å²) >= 11 is 0. The van der Waals surface area contributed by atoms with Crippen LogP contribution in [0.1, 0.15) is 35.5 Å². The van der Waals surface area contributed by atoms with Crippen LogP contribution in [0.5, 0.6) is 0 Å². The zero-order valence-corrected chi connectivity index (χ0v) is 14.0. The Labute approximate surface area is 137 Å². The van der Waals surface area contributed by atoms with E-state index in [9.17, 15) is 4.79 Å². The highest BCUT2D eigenvalue weighted by Gasteiger charge is 2.19. The summed E-state index contributed by atoms with van der Waals surface area (Å²) in [6.07, 6.45) is 0. The lowest BCUT2D eigenvalue weighted by atomic mass is 10.2. The molecule has 5 heteroatoms. The van der Waals surface area contributed by atoms with Crippen molar-refractivity contribution in [2.75, 3.05) is 18.5 Å². The van der Waals surface area contributed by atoms with Gasteiger partial charge in [0.05, 0.1) is 13.2 Å². The molecule has 0 saturated carbocycles. The molecule has 1 aromatic carbocycles. The summed E-state index contributed by atoms with van der Waals surface area (Å²) in [7, 11) is 0. The minimum absolute atomic E-state index is 0.312. The van der Waals surface area contributed by atoms with Crippen LogP contribution in [0.4, 0.5) is 5.82 Å². The van der Waals surface area contributed by atoms with Gasteiger partial charge in [-0.05, 0) is 32.4 Å². The number of ether oxygens (including phenoxy) is 2. The number of nitrogens with zero attached hydrogens (tertiary/aromatic N) is 1. The van der Waals surface area contributed by atoms with E-state index in [1.807, 2.05) is 54.8 Å². The number of aromatic nitrogens is 1. The average molecular weight is 316 g/mol. The number of benzene rings is 1. The van der Waals surface area contributed by atoms with Gasteiger partial charge < -0.3 is 19.4 Å². The molecule has 1 aromatic heterocycles. The van der Waals surface area contributed by atoms with Gasteiger partial charge in [-0.1, -0.05) is 30.3 Å². The van der Waals surface area contributed by atoms with Crippen LogP contribution in [0.3, 0.4) is 0 Å². The molecule has 0 amide bonds. The van der Waals surface area contributed by atoms with Gasteiger partial charge in [0.15, 0.2) is 0 Å². The molecule has 0 unspecified atom stereocenters. The first-order chi connectivity index (χ1) is 11.2. The SMILES string of the molecule is CCNc1c(C(=O)OCC)cc(C)n1COCc1ccccc1. The third kappa shape index (κ3) is 4.36. The third-order valence-electron chi connectivity index (χ3n) is 3.48. The van der Waals surface area contributed by atoms with Crippen LogP contribution in [-0.4, -0.2) is 23.7 Å². The second kappa shape index (κ2) is 8.39. The lowest BCUT2D eigenvalue weighted by Gasteiger charge is -2.14. The average Bonchev–Trinajstić information content (AvgIpc) is 2.86. The Morgan fingerprint density at radius 2 is 1.96 bits per heavy atom. The zero-order valence-electron chi connectivity index (χ0n) is 14.0. The molecule has 5 nitrogen and oxygen atoms in total. The largest absolute Gasteiger partial charge is 0.462 e. The molecule has 0 spiro atoms. The first-order valence-electron chi connectivity index (χ1n) is 7.90. The predicted molar refractivity (Wildman–Crippen MR) is 90.5 cm³/mol. The lowest BCUT2D eigenvalue weighted by Crippen LogP contribution is -2.13. The van der Waals surface area contributed by atoms with Gasteiger partial charge in [-0.3, -0.25) is 0 Å². The molecule has 0 atom stereocenters. The van der Waals surface area contributed by atoms with Crippen LogP contribution in [0.2, 0.25) is 0 Å². The van der Waals surface area contributed by atoms with Gasteiger partial charge in [-0.2, -0.15) is 0 Å². The number of carbonyl (C=O) groups is 1. The van der Waals surface area contributed by atoms with Gasteiger partial charge in [0.2, 0.25) is 0 Å². The first kappa shape index (κ1) is 17.1. The number of aryl methyl sites for hydroxylation is 1. The second-order valence-corrected chi connectivity index (χ2v) is 5.19. The highest BCUT2D eigenvalue weighted by atomic mass is 16.5. The molecule has 124 valence electrons. The van der Waals surface area contributed by atoms with Gasteiger partial charge in [0, 0.05) is 12.2 Å². The summed E-state index contributed by atoms with van der Waals surface area (Å²) < 4.78 is 12.9. The summed E-state index contributed by atoms with van der Waals surface area (Å²) in [5.74, 6) is 0.435. The maximum absolute atomic E-state index is 12.1. The van der Waals surface area contributed by atoms with Crippen LogP contribution in [0.25, 0.3) is 0 Å². The van der Waals surface area contributed by atoms with Crippen molar-refractivity contribution in [3.05, 3.63) is 53.2 Å². The Hall–Kier alpha value is -2.27. The summed E-state index contributed by atoms with van der Waals surface area (Å²) in [6.45, 7) is 7.73. The molecule has 2 rings (SSSR count). The number of esters is 1. The minimum atomic E-state index is -0.312. The van der Waals surface area contributed by atoms with Crippen LogP contribution in [0.15, 0.2) is 36.4 Å². The van der Waals surface area contributed by atoms with Crippen LogP contribution in [-0.2, 0) is 22.8 Å². The second-order valence-electron chi connectivity index (χ2n) is 5.19. The Bertz CT molecular complexity index is 635. The standard InChI is InChI=1S/C18H24N2O3/c1-4-19-17-16(18(21)23-5-2)11-14(3)20(17)13-22-12-15-9-7-6-8-10-15/h6-11,19H,4-5,12-13H2,1-3H3. The van der Waals surface area contributed by atoms with E-state index in [-0.39, 0.29) is 5.97 Å². The first-order valence-corrected chi connectivity index (χ1v) is 7.90. The molecule has 1 heterocycles. The minimum Gasteiger partial charge on any atom is -0.462 e. The van der Waals surface area contributed by atoms with Gasteiger partial charge in [0.25, 0.3) is 0 Å². The highest BCUT2D eigenvalue weighted by molar-refractivity contribution is 5.95. The fraction of sp³-hybridized carbons (Fsp3) is 0.389. The molecule has 0 radical (unpaired) electrons. The molecule has 0 aliphatic carbocycles. The van der Waals surface area contributed by atoms with E-state index in [4.69, 9.17) is 9.47 Å². The van der Waals surface area contributed by atoms with E-state index < -0.39 is 0 Å². The molecule has 0 fully saturated rings. The maximum atomic E-state index is 12.1. The van der Waals surface area contributed by atoms with E-state index in [2.05, 4.69) is 5.32 Å². The third-order valence-corrected chi connectivity index (χ3v) is 3.48. The molecule has 0 saturated heterocycles. The summed E-state index contributed by atoms with van der Waals surface area (Å²) in [5, 5.41) is 3.24. The van der Waals surface area contributed by atoms with Crippen LogP contribution in [0, 0.1) is 6.92 Å².